The number of aromatic amines is 1. The molecule has 1 N–H and O–H groups in total. The van der Waals surface area contributed by atoms with Crippen LogP contribution in [0.3, 0.4) is 0 Å². The lowest BCUT2D eigenvalue weighted by Crippen LogP contribution is -2.43. The van der Waals surface area contributed by atoms with Gasteiger partial charge >= 0.3 is 11.9 Å². The van der Waals surface area contributed by atoms with E-state index in [1.54, 1.807) is 0 Å². The standard InChI is InChI=1S/C13H9BF4N2O2/c1-6-10(14)11(21)19-12(22)20(6)5-7-8(13(16,17)18)3-2-4-9(7)15/h2-4H,5H2,1H3,(H,19,21,22). The Balaban J connectivity index is 2.66. The van der Waals surface area contributed by atoms with Gasteiger partial charge in [0.25, 0.3) is 0 Å². The lowest BCUT2D eigenvalue weighted by molar-refractivity contribution is -0.138. The average Bonchev–Trinajstić information content (AvgIpc) is 2.41. The highest BCUT2D eigenvalue weighted by molar-refractivity contribution is 6.32. The number of H-pyrrole nitrogens is 1. The van der Waals surface area contributed by atoms with E-state index in [-0.39, 0.29) is 11.2 Å². The fourth-order valence-electron chi connectivity index (χ4n) is 2.03. The largest absolute Gasteiger partial charge is 0.416 e. The number of halogens is 4. The number of aromatic nitrogens is 2. The first-order chi connectivity index (χ1) is 10.1. The summed E-state index contributed by atoms with van der Waals surface area (Å²) >= 11 is 0. The first-order valence-corrected chi connectivity index (χ1v) is 6.06. The molecule has 0 amide bonds. The third kappa shape index (κ3) is 2.83. The molecule has 2 rings (SSSR count). The Morgan fingerprint density at radius 1 is 1.27 bits per heavy atom. The maximum Gasteiger partial charge on any atom is 0.416 e. The van der Waals surface area contributed by atoms with Crippen LogP contribution in [0.1, 0.15) is 16.8 Å². The molecule has 0 atom stereocenters. The van der Waals surface area contributed by atoms with Gasteiger partial charge in [0, 0.05) is 11.3 Å². The van der Waals surface area contributed by atoms with Gasteiger partial charge < -0.3 is 0 Å². The van der Waals surface area contributed by atoms with Crippen LogP contribution in [0.4, 0.5) is 17.6 Å². The summed E-state index contributed by atoms with van der Waals surface area (Å²) in [5.74, 6) is -1.11. The van der Waals surface area contributed by atoms with Crippen LogP contribution in [0.2, 0.25) is 0 Å². The molecule has 4 nitrogen and oxygen atoms in total. The van der Waals surface area contributed by atoms with Crippen LogP contribution in [0.15, 0.2) is 27.8 Å². The van der Waals surface area contributed by atoms with Gasteiger partial charge in [0.15, 0.2) is 0 Å². The molecule has 1 aromatic carbocycles. The molecular weight excluding hydrogens is 303 g/mol. The van der Waals surface area contributed by atoms with Crippen molar-refractivity contribution >= 4 is 13.3 Å². The van der Waals surface area contributed by atoms with E-state index in [2.05, 4.69) is 0 Å². The molecule has 114 valence electrons. The van der Waals surface area contributed by atoms with Crippen LogP contribution in [-0.4, -0.2) is 17.4 Å². The molecule has 22 heavy (non-hydrogen) atoms. The van der Waals surface area contributed by atoms with Crippen LogP contribution < -0.4 is 16.7 Å². The molecule has 0 fully saturated rings. The highest BCUT2D eigenvalue weighted by Crippen LogP contribution is 2.33. The summed E-state index contributed by atoms with van der Waals surface area (Å²) < 4.78 is 53.4. The fourth-order valence-corrected chi connectivity index (χ4v) is 2.03. The van der Waals surface area contributed by atoms with E-state index in [4.69, 9.17) is 7.85 Å². The summed E-state index contributed by atoms with van der Waals surface area (Å²) in [6.07, 6.45) is -4.78. The Kier molecular flexibility index (Phi) is 3.99. The van der Waals surface area contributed by atoms with Crippen LogP contribution in [0.25, 0.3) is 0 Å². The molecule has 0 unspecified atom stereocenters. The zero-order valence-corrected chi connectivity index (χ0v) is 11.3. The summed E-state index contributed by atoms with van der Waals surface area (Å²) in [5, 5.41) is 0. The maximum atomic E-state index is 13.8. The quantitative estimate of drug-likeness (QED) is 0.660. The normalized spacial score (nSPS) is 11.7. The molecule has 0 aliphatic carbocycles. The average molecular weight is 312 g/mol. The molecule has 0 saturated heterocycles. The van der Waals surface area contributed by atoms with E-state index in [1.807, 2.05) is 4.98 Å². The Hall–Kier alpha value is -2.32. The first kappa shape index (κ1) is 16.1. The molecule has 1 heterocycles. The van der Waals surface area contributed by atoms with E-state index < -0.39 is 40.9 Å². The second-order valence-electron chi connectivity index (χ2n) is 4.61. The smallest absolute Gasteiger partial charge is 0.294 e. The Morgan fingerprint density at radius 3 is 2.50 bits per heavy atom. The van der Waals surface area contributed by atoms with E-state index in [9.17, 15) is 27.2 Å². The molecule has 0 aliphatic rings. The van der Waals surface area contributed by atoms with Crippen molar-refractivity contribution in [3.63, 3.8) is 0 Å². The number of nitrogens with one attached hydrogen (secondary N) is 1. The fraction of sp³-hybridized carbons (Fsp3) is 0.231. The van der Waals surface area contributed by atoms with Crippen molar-refractivity contribution in [3.8, 4) is 0 Å². The lowest BCUT2D eigenvalue weighted by Gasteiger charge is -2.16. The van der Waals surface area contributed by atoms with Gasteiger partial charge in [-0.3, -0.25) is 14.3 Å². The molecule has 0 aliphatic heterocycles. The second-order valence-corrected chi connectivity index (χ2v) is 4.61. The van der Waals surface area contributed by atoms with Crippen LogP contribution >= 0.6 is 0 Å². The van der Waals surface area contributed by atoms with Gasteiger partial charge in [-0.25, -0.2) is 9.18 Å². The predicted octanol–water partition coefficient (Wildman–Crippen LogP) is 0.845. The molecular formula is C13H9BF4N2O2. The number of benzene rings is 1. The van der Waals surface area contributed by atoms with E-state index >= 15 is 0 Å². The third-order valence-electron chi connectivity index (χ3n) is 3.25. The topological polar surface area (TPSA) is 54.9 Å². The SMILES string of the molecule is [B]c1c(C)n(Cc2c(F)cccc2C(F)(F)F)c(=O)[nH]c1=O. The van der Waals surface area contributed by atoms with Crippen LogP contribution in [0, 0.1) is 12.7 Å². The van der Waals surface area contributed by atoms with Gasteiger partial charge in [0.2, 0.25) is 5.56 Å². The highest BCUT2D eigenvalue weighted by atomic mass is 19.4. The minimum atomic E-state index is -4.78. The number of alkyl halides is 3. The van der Waals surface area contributed by atoms with Crippen LogP contribution in [-0.2, 0) is 12.7 Å². The van der Waals surface area contributed by atoms with Gasteiger partial charge in [-0.15, -0.1) is 0 Å². The molecule has 1 aromatic heterocycles. The predicted molar refractivity (Wildman–Crippen MR) is 72.0 cm³/mol. The number of hydrogen-bond donors (Lipinski definition) is 1. The summed E-state index contributed by atoms with van der Waals surface area (Å²) in [4.78, 5) is 24.9. The zero-order valence-electron chi connectivity index (χ0n) is 11.3. The van der Waals surface area contributed by atoms with Crippen molar-refractivity contribution in [2.24, 2.45) is 0 Å². The van der Waals surface area contributed by atoms with Gasteiger partial charge in [0.1, 0.15) is 13.7 Å². The zero-order chi connectivity index (χ0) is 16.7. The third-order valence-corrected chi connectivity index (χ3v) is 3.25. The van der Waals surface area contributed by atoms with Crippen molar-refractivity contribution in [2.45, 2.75) is 19.6 Å². The number of rotatable bonds is 2. The first-order valence-electron chi connectivity index (χ1n) is 6.06. The lowest BCUT2D eigenvalue weighted by atomic mass is 9.96. The minimum absolute atomic E-state index is 0.0369. The van der Waals surface area contributed by atoms with Gasteiger partial charge in [-0.2, -0.15) is 13.2 Å². The second kappa shape index (κ2) is 5.47. The monoisotopic (exact) mass is 312 g/mol. The van der Waals surface area contributed by atoms with Gasteiger partial charge in [0.05, 0.1) is 12.1 Å². The van der Waals surface area contributed by atoms with Crippen molar-refractivity contribution in [1.82, 2.24) is 9.55 Å². The highest BCUT2D eigenvalue weighted by Gasteiger charge is 2.34. The number of nitrogens with zero attached hydrogens (tertiary/aromatic N) is 1. The van der Waals surface area contributed by atoms with E-state index in [1.165, 1.54) is 6.92 Å². The van der Waals surface area contributed by atoms with Crippen molar-refractivity contribution in [1.29, 1.82) is 0 Å². The van der Waals surface area contributed by atoms with Gasteiger partial charge in [-0.1, -0.05) is 6.07 Å². The van der Waals surface area contributed by atoms with E-state index in [0.717, 1.165) is 16.7 Å². The summed E-state index contributed by atoms with van der Waals surface area (Å²) in [7, 11) is 5.45. The van der Waals surface area contributed by atoms with Crippen molar-refractivity contribution in [3.05, 3.63) is 61.7 Å². The Bertz CT molecular complexity index is 839. The Morgan fingerprint density at radius 2 is 1.91 bits per heavy atom. The summed E-state index contributed by atoms with van der Waals surface area (Å²) in [6, 6.07) is 2.51. The van der Waals surface area contributed by atoms with Crippen molar-refractivity contribution in [2.75, 3.05) is 0 Å². The van der Waals surface area contributed by atoms with Crippen LogP contribution in [0.5, 0.6) is 0 Å². The van der Waals surface area contributed by atoms with Crippen molar-refractivity contribution < 1.29 is 17.6 Å². The summed E-state index contributed by atoms with van der Waals surface area (Å²) in [6.45, 7) is 0.591. The Labute approximate surface area is 122 Å². The molecule has 0 spiro atoms. The molecule has 9 heteroatoms. The molecule has 0 saturated carbocycles. The molecule has 0 bridgehead atoms. The summed E-state index contributed by atoms with van der Waals surface area (Å²) in [5.41, 5.74) is -4.05. The molecule has 2 aromatic rings. The maximum absolute atomic E-state index is 13.8. The molecule has 2 radical (unpaired) electrons. The van der Waals surface area contributed by atoms with Gasteiger partial charge in [-0.05, 0) is 24.5 Å². The minimum Gasteiger partial charge on any atom is -0.294 e. The van der Waals surface area contributed by atoms with E-state index in [0.29, 0.717) is 6.07 Å². The number of hydrogen-bond acceptors (Lipinski definition) is 2.